The number of nitrogens with one attached hydrogen (secondary N) is 1. The molecule has 1 aromatic carbocycles. The van der Waals surface area contributed by atoms with Crippen molar-refractivity contribution in [2.24, 2.45) is 5.84 Å². The van der Waals surface area contributed by atoms with E-state index in [0.29, 0.717) is 24.1 Å². The number of aromatic nitrogens is 4. The number of benzene rings is 1. The van der Waals surface area contributed by atoms with Crippen LogP contribution in [0.1, 0.15) is 19.8 Å². The highest BCUT2D eigenvalue weighted by atomic mass is 79.9. The van der Waals surface area contributed by atoms with Crippen molar-refractivity contribution in [3.63, 3.8) is 0 Å². The van der Waals surface area contributed by atoms with Gasteiger partial charge in [-0.1, -0.05) is 29.3 Å². The number of anilines is 5. The number of nitrogens with two attached hydrogens (primary N) is 2. The zero-order valence-corrected chi connectivity index (χ0v) is 17.8. The fourth-order valence-electron chi connectivity index (χ4n) is 2.62. The van der Waals surface area contributed by atoms with E-state index in [4.69, 9.17) is 16.3 Å². The SMILES string of the molecule is CCCCn1cc(Nc2ncc(N)c(N(N)c3ccc(OCCBr)cc3)n2)cn1. The molecule has 0 aliphatic carbocycles. The monoisotopic (exact) mass is 460 g/mol. The fraction of sp³-hybridized carbons (Fsp3) is 0.316. The summed E-state index contributed by atoms with van der Waals surface area (Å²) in [5.74, 6) is 7.81. The number of hydrazine groups is 1. The lowest BCUT2D eigenvalue weighted by atomic mass is 10.3. The number of aryl methyl sites for hydroxylation is 1. The molecule has 5 N–H and O–H groups in total. The Bertz CT molecular complexity index is 915. The summed E-state index contributed by atoms with van der Waals surface area (Å²) in [7, 11) is 0. The van der Waals surface area contributed by atoms with Crippen molar-refractivity contribution in [2.75, 3.05) is 28.0 Å². The maximum atomic E-state index is 6.26. The largest absolute Gasteiger partial charge is 0.493 e. The van der Waals surface area contributed by atoms with Crippen LogP contribution < -0.4 is 26.6 Å². The minimum absolute atomic E-state index is 0.372. The second-order valence-electron chi connectivity index (χ2n) is 6.34. The molecule has 154 valence electrons. The topological polar surface area (TPSA) is 120 Å². The summed E-state index contributed by atoms with van der Waals surface area (Å²) < 4.78 is 7.44. The molecule has 0 amide bonds. The van der Waals surface area contributed by atoms with Crippen LogP contribution in [0.2, 0.25) is 0 Å². The van der Waals surface area contributed by atoms with Crippen molar-refractivity contribution in [1.29, 1.82) is 0 Å². The fourth-order valence-corrected chi connectivity index (χ4v) is 2.78. The molecule has 0 radical (unpaired) electrons. The van der Waals surface area contributed by atoms with Crippen molar-refractivity contribution in [2.45, 2.75) is 26.3 Å². The van der Waals surface area contributed by atoms with Crippen molar-refractivity contribution < 1.29 is 4.74 Å². The summed E-state index contributed by atoms with van der Waals surface area (Å²) in [6.07, 6.45) is 7.37. The number of alkyl halides is 1. The molecule has 0 atom stereocenters. The van der Waals surface area contributed by atoms with Gasteiger partial charge in [0.05, 0.1) is 36.1 Å². The van der Waals surface area contributed by atoms with Gasteiger partial charge in [0.25, 0.3) is 0 Å². The zero-order valence-electron chi connectivity index (χ0n) is 16.3. The number of nitrogens with zero attached hydrogens (tertiary/aromatic N) is 5. The highest BCUT2D eigenvalue weighted by Crippen LogP contribution is 2.28. The van der Waals surface area contributed by atoms with E-state index in [9.17, 15) is 0 Å². The van der Waals surface area contributed by atoms with Crippen LogP contribution in [-0.4, -0.2) is 31.7 Å². The average molecular weight is 461 g/mol. The van der Waals surface area contributed by atoms with Gasteiger partial charge in [-0.2, -0.15) is 10.1 Å². The quantitative estimate of drug-likeness (QED) is 0.238. The summed E-state index contributed by atoms with van der Waals surface area (Å²) >= 11 is 3.33. The van der Waals surface area contributed by atoms with Crippen LogP contribution >= 0.6 is 15.9 Å². The number of unbranched alkanes of at least 4 members (excludes halogenated alkanes) is 1. The molecule has 0 unspecified atom stereocenters. The molecule has 0 aliphatic rings. The van der Waals surface area contributed by atoms with Gasteiger partial charge in [0, 0.05) is 18.1 Å². The third kappa shape index (κ3) is 5.58. The van der Waals surface area contributed by atoms with Gasteiger partial charge in [0.15, 0.2) is 5.82 Å². The molecule has 0 spiro atoms. The number of halogens is 1. The Morgan fingerprint density at radius 3 is 2.76 bits per heavy atom. The van der Waals surface area contributed by atoms with E-state index in [1.54, 1.807) is 6.20 Å². The number of nitrogen functional groups attached to an aromatic ring is 1. The van der Waals surface area contributed by atoms with E-state index >= 15 is 0 Å². The van der Waals surface area contributed by atoms with Crippen LogP contribution in [-0.2, 0) is 6.54 Å². The first-order chi connectivity index (χ1) is 14.1. The van der Waals surface area contributed by atoms with E-state index < -0.39 is 0 Å². The molecule has 0 bridgehead atoms. The normalized spacial score (nSPS) is 10.7. The van der Waals surface area contributed by atoms with Crippen LogP contribution in [0.5, 0.6) is 5.75 Å². The smallest absolute Gasteiger partial charge is 0.229 e. The summed E-state index contributed by atoms with van der Waals surface area (Å²) in [4.78, 5) is 8.71. The Labute approximate surface area is 178 Å². The van der Waals surface area contributed by atoms with Gasteiger partial charge >= 0.3 is 0 Å². The maximum Gasteiger partial charge on any atom is 0.229 e. The average Bonchev–Trinajstić information content (AvgIpc) is 3.19. The first-order valence-corrected chi connectivity index (χ1v) is 10.5. The third-order valence-electron chi connectivity index (χ3n) is 4.12. The molecule has 2 aromatic heterocycles. The molecule has 0 aliphatic heterocycles. The van der Waals surface area contributed by atoms with Crippen LogP contribution in [0.4, 0.5) is 28.8 Å². The Morgan fingerprint density at radius 1 is 1.24 bits per heavy atom. The molecule has 10 heteroatoms. The van der Waals surface area contributed by atoms with Crippen molar-refractivity contribution in [3.05, 3.63) is 42.9 Å². The van der Waals surface area contributed by atoms with Crippen LogP contribution in [0.3, 0.4) is 0 Å². The molecular weight excluding hydrogens is 436 g/mol. The van der Waals surface area contributed by atoms with Crippen LogP contribution in [0, 0.1) is 0 Å². The minimum Gasteiger partial charge on any atom is -0.493 e. The Hall–Kier alpha value is -2.85. The van der Waals surface area contributed by atoms with E-state index in [0.717, 1.165) is 41.8 Å². The summed E-state index contributed by atoms with van der Waals surface area (Å²) in [6, 6.07) is 7.38. The molecule has 0 saturated heterocycles. The molecule has 0 saturated carbocycles. The Morgan fingerprint density at radius 2 is 2.03 bits per heavy atom. The summed E-state index contributed by atoms with van der Waals surface area (Å²) in [6.45, 7) is 3.61. The van der Waals surface area contributed by atoms with Gasteiger partial charge in [-0.05, 0) is 30.7 Å². The maximum absolute atomic E-state index is 6.26. The Kier molecular flexibility index (Phi) is 7.25. The third-order valence-corrected chi connectivity index (χ3v) is 4.44. The van der Waals surface area contributed by atoms with E-state index in [1.165, 1.54) is 11.2 Å². The number of ether oxygens (including phenoxy) is 1. The minimum atomic E-state index is 0.372. The second kappa shape index (κ2) is 10.1. The molecule has 2 heterocycles. The van der Waals surface area contributed by atoms with E-state index in [2.05, 4.69) is 43.2 Å². The molecule has 0 fully saturated rings. The molecule has 3 aromatic rings. The van der Waals surface area contributed by atoms with Gasteiger partial charge < -0.3 is 15.8 Å². The van der Waals surface area contributed by atoms with Gasteiger partial charge in [-0.3, -0.25) is 9.69 Å². The lowest BCUT2D eigenvalue weighted by Gasteiger charge is -2.20. The highest BCUT2D eigenvalue weighted by Gasteiger charge is 2.13. The second-order valence-corrected chi connectivity index (χ2v) is 7.14. The first-order valence-electron chi connectivity index (χ1n) is 9.36. The molecular formula is C19H25BrN8O. The van der Waals surface area contributed by atoms with Crippen molar-refractivity contribution in [3.8, 4) is 5.75 Å². The highest BCUT2D eigenvalue weighted by molar-refractivity contribution is 9.09. The van der Waals surface area contributed by atoms with E-state index in [1.807, 2.05) is 35.1 Å². The summed E-state index contributed by atoms with van der Waals surface area (Å²) in [5, 5.41) is 9.65. The van der Waals surface area contributed by atoms with Crippen molar-refractivity contribution in [1.82, 2.24) is 19.7 Å². The number of hydrogen-bond donors (Lipinski definition) is 3. The van der Waals surface area contributed by atoms with Crippen LogP contribution in [0.15, 0.2) is 42.9 Å². The molecule has 3 rings (SSSR count). The lowest BCUT2D eigenvalue weighted by Crippen LogP contribution is -2.27. The number of rotatable bonds is 10. The predicted molar refractivity (Wildman–Crippen MR) is 119 cm³/mol. The van der Waals surface area contributed by atoms with Crippen molar-refractivity contribution >= 4 is 44.8 Å². The van der Waals surface area contributed by atoms with Gasteiger partial charge in [-0.25, -0.2) is 10.8 Å². The van der Waals surface area contributed by atoms with Crippen LogP contribution in [0.25, 0.3) is 0 Å². The standard InChI is InChI=1S/C19H25BrN8O/c1-2-3-9-27-13-14(11-24-27)25-19-23-12-17(21)18(26-19)28(22)15-4-6-16(7-5-15)29-10-8-20/h4-7,11-13H,2-3,8-10,21-22H2,1H3,(H,23,25,26). The first kappa shape index (κ1) is 20.9. The van der Waals surface area contributed by atoms with Gasteiger partial charge in [-0.15, -0.1) is 0 Å². The molecule has 29 heavy (non-hydrogen) atoms. The van der Waals surface area contributed by atoms with E-state index in [-0.39, 0.29) is 0 Å². The Balaban J connectivity index is 1.73. The molecule has 9 nitrogen and oxygen atoms in total. The lowest BCUT2D eigenvalue weighted by molar-refractivity contribution is 0.345. The predicted octanol–water partition coefficient (Wildman–Crippen LogP) is 3.58. The number of hydrogen-bond acceptors (Lipinski definition) is 8. The van der Waals surface area contributed by atoms with Gasteiger partial charge in [0.2, 0.25) is 5.95 Å². The zero-order chi connectivity index (χ0) is 20.6. The van der Waals surface area contributed by atoms with Gasteiger partial charge in [0.1, 0.15) is 5.75 Å². The summed E-state index contributed by atoms with van der Waals surface area (Å²) in [5.41, 5.74) is 7.95.